The van der Waals surface area contributed by atoms with Gasteiger partial charge in [-0.05, 0) is 36.1 Å². The predicted molar refractivity (Wildman–Crippen MR) is 108 cm³/mol. The van der Waals surface area contributed by atoms with Crippen LogP contribution in [0.1, 0.15) is 24.0 Å². The summed E-state index contributed by atoms with van der Waals surface area (Å²) in [6, 6.07) is 15.2. The van der Waals surface area contributed by atoms with Crippen molar-refractivity contribution in [1.29, 1.82) is 0 Å². The number of piperidine rings is 1. The van der Waals surface area contributed by atoms with Crippen LogP contribution in [0.2, 0.25) is 0 Å². The first-order valence-electron chi connectivity index (χ1n) is 10.2. The predicted octanol–water partition coefficient (Wildman–Crippen LogP) is 3.76. The second kappa shape index (κ2) is 9.20. The molecule has 2 atom stereocenters. The minimum atomic E-state index is -2.90. The first-order valence-corrected chi connectivity index (χ1v) is 10.2. The van der Waals surface area contributed by atoms with Crippen LogP contribution >= 0.6 is 0 Å². The van der Waals surface area contributed by atoms with Gasteiger partial charge in [-0.2, -0.15) is 8.78 Å². The highest BCUT2D eigenvalue weighted by atomic mass is 19.3. The van der Waals surface area contributed by atoms with E-state index in [2.05, 4.69) is 4.74 Å². The van der Waals surface area contributed by atoms with Gasteiger partial charge in [0.25, 0.3) is 0 Å². The van der Waals surface area contributed by atoms with E-state index in [0.717, 1.165) is 5.56 Å². The summed E-state index contributed by atoms with van der Waals surface area (Å²) in [4.78, 5) is 14.5. The number of alkyl halides is 2. The molecule has 1 N–H and O–H groups in total. The lowest BCUT2D eigenvalue weighted by Crippen LogP contribution is -2.64. The molecule has 2 aliphatic rings. The standard InChI is InChI=1S/C23H25F2NO5/c24-21(25)31-20-8-4-7-17(9-20)10-23(28)11-18-14-29-15-19(12-23)26(18)22(27)30-13-16-5-2-1-3-6-16/h1-9,18-19,21,28H,10-15H2. The van der Waals surface area contributed by atoms with Crippen molar-refractivity contribution in [1.82, 2.24) is 4.90 Å². The summed E-state index contributed by atoms with van der Waals surface area (Å²) in [5.74, 6) is 0.0570. The van der Waals surface area contributed by atoms with Crippen LogP contribution in [-0.4, -0.2) is 53.6 Å². The van der Waals surface area contributed by atoms with E-state index in [-0.39, 0.29) is 30.9 Å². The van der Waals surface area contributed by atoms with E-state index in [9.17, 15) is 18.7 Å². The van der Waals surface area contributed by atoms with Gasteiger partial charge in [0.1, 0.15) is 12.4 Å². The highest BCUT2D eigenvalue weighted by Crippen LogP contribution is 2.37. The van der Waals surface area contributed by atoms with E-state index in [1.807, 2.05) is 30.3 Å². The van der Waals surface area contributed by atoms with Crippen LogP contribution in [-0.2, 0) is 22.5 Å². The number of rotatable bonds is 6. The molecule has 2 fully saturated rings. The monoisotopic (exact) mass is 433 g/mol. The number of fused-ring (bicyclic) bond motifs is 2. The van der Waals surface area contributed by atoms with Crippen LogP contribution in [0.4, 0.5) is 13.6 Å². The zero-order chi connectivity index (χ0) is 21.8. The summed E-state index contributed by atoms with van der Waals surface area (Å²) in [6.45, 7) is -2.10. The topological polar surface area (TPSA) is 68.2 Å². The van der Waals surface area contributed by atoms with Gasteiger partial charge in [0.15, 0.2) is 0 Å². The third kappa shape index (κ3) is 5.32. The lowest BCUT2D eigenvalue weighted by atomic mass is 9.78. The molecule has 2 aromatic carbocycles. The van der Waals surface area contributed by atoms with E-state index in [1.54, 1.807) is 17.0 Å². The SMILES string of the molecule is O=C(OCc1ccccc1)N1C2COCC1CC(O)(Cc1cccc(OC(F)F)c1)C2. The van der Waals surface area contributed by atoms with E-state index < -0.39 is 18.3 Å². The molecule has 0 aliphatic carbocycles. The van der Waals surface area contributed by atoms with Crippen molar-refractivity contribution in [3.05, 3.63) is 65.7 Å². The fourth-order valence-electron chi connectivity index (χ4n) is 4.52. The highest BCUT2D eigenvalue weighted by Gasteiger charge is 2.48. The molecule has 2 aliphatic heterocycles. The third-order valence-corrected chi connectivity index (χ3v) is 5.71. The highest BCUT2D eigenvalue weighted by molar-refractivity contribution is 5.69. The molecule has 0 spiro atoms. The van der Waals surface area contributed by atoms with Gasteiger partial charge < -0.3 is 19.3 Å². The molecule has 166 valence electrons. The Morgan fingerprint density at radius 2 is 1.77 bits per heavy atom. The second-order valence-corrected chi connectivity index (χ2v) is 8.13. The number of amides is 1. The molecule has 2 bridgehead atoms. The molecule has 6 nitrogen and oxygen atoms in total. The van der Waals surface area contributed by atoms with Crippen LogP contribution in [0, 0.1) is 0 Å². The fourth-order valence-corrected chi connectivity index (χ4v) is 4.52. The lowest BCUT2D eigenvalue weighted by molar-refractivity contribution is -0.132. The number of ether oxygens (including phenoxy) is 3. The molecule has 2 aromatic rings. The molecule has 0 saturated carbocycles. The summed E-state index contributed by atoms with van der Waals surface area (Å²) in [7, 11) is 0. The van der Waals surface area contributed by atoms with Crippen LogP contribution < -0.4 is 4.74 Å². The maximum Gasteiger partial charge on any atom is 0.410 e. The summed E-state index contributed by atoms with van der Waals surface area (Å²) < 4.78 is 40.6. The molecule has 2 unspecified atom stereocenters. The van der Waals surface area contributed by atoms with Crippen molar-refractivity contribution in [2.45, 2.75) is 50.2 Å². The van der Waals surface area contributed by atoms with E-state index >= 15 is 0 Å². The van der Waals surface area contributed by atoms with Crippen LogP contribution in [0.25, 0.3) is 0 Å². The number of carbonyl (C=O) groups excluding carboxylic acids is 1. The minimum Gasteiger partial charge on any atom is -0.445 e. The van der Waals surface area contributed by atoms with Gasteiger partial charge in [-0.3, -0.25) is 4.90 Å². The zero-order valence-electron chi connectivity index (χ0n) is 17.0. The molecule has 0 radical (unpaired) electrons. The normalized spacial score (nSPS) is 25.4. The Balaban J connectivity index is 1.42. The summed E-state index contributed by atoms with van der Waals surface area (Å²) >= 11 is 0. The third-order valence-electron chi connectivity index (χ3n) is 5.71. The summed E-state index contributed by atoms with van der Waals surface area (Å²) in [5.41, 5.74) is 0.509. The van der Waals surface area contributed by atoms with Crippen LogP contribution in [0.15, 0.2) is 54.6 Å². The Bertz CT molecular complexity index is 881. The molecule has 31 heavy (non-hydrogen) atoms. The van der Waals surface area contributed by atoms with E-state index in [1.165, 1.54) is 12.1 Å². The molecular weight excluding hydrogens is 408 g/mol. The second-order valence-electron chi connectivity index (χ2n) is 8.13. The number of carbonyl (C=O) groups is 1. The lowest BCUT2D eigenvalue weighted by Gasteiger charge is -2.51. The smallest absolute Gasteiger partial charge is 0.410 e. The van der Waals surface area contributed by atoms with Gasteiger partial charge in [0, 0.05) is 6.42 Å². The zero-order valence-corrected chi connectivity index (χ0v) is 17.0. The largest absolute Gasteiger partial charge is 0.445 e. The molecule has 2 saturated heterocycles. The maximum absolute atomic E-state index is 12.8. The van der Waals surface area contributed by atoms with Crippen molar-refractivity contribution < 1.29 is 32.9 Å². The Hall–Kier alpha value is -2.71. The van der Waals surface area contributed by atoms with Crippen molar-refractivity contribution in [3.63, 3.8) is 0 Å². The fraction of sp³-hybridized carbons (Fsp3) is 0.435. The van der Waals surface area contributed by atoms with Gasteiger partial charge >= 0.3 is 12.7 Å². The maximum atomic E-state index is 12.8. The van der Waals surface area contributed by atoms with Crippen molar-refractivity contribution >= 4 is 6.09 Å². The summed E-state index contributed by atoms with van der Waals surface area (Å²) in [6.07, 6.45) is 0.470. The Kier molecular flexibility index (Phi) is 6.38. The number of hydrogen-bond donors (Lipinski definition) is 1. The Labute approximate surface area is 179 Å². The molecule has 0 aromatic heterocycles. The van der Waals surface area contributed by atoms with Crippen molar-refractivity contribution in [2.75, 3.05) is 13.2 Å². The number of morpholine rings is 1. The average molecular weight is 433 g/mol. The Morgan fingerprint density at radius 3 is 2.45 bits per heavy atom. The molecular formula is C23H25F2NO5. The van der Waals surface area contributed by atoms with Crippen molar-refractivity contribution in [3.8, 4) is 5.75 Å². The number of benzene rings is 2. The average Bonchev–Trinajstić information content (AvgIpc) is 2.71. The Morgan fingerprint density at radius 1 is 1.10 bits per heavy atom. The van der Waals surface area contributed by atoms with Gasteiger partial charge in [0.05, 0.1) is 30.9 Å². The first-order chi connectivity index (χ1) is 14.9. The van der Waals surface area contributed by atoms with Crippen molar-refractivity contribution in [2.24, 2.45) is 0 Å². The quantitative estimate of drug-likeness (QED) is 0.751. The number of halogens is 2. The van der Waals surface area contributed by atoms with Gasteiger partial charge in [-0.1, -0.05) is 42.5 Å². The number of hydrogen-bond acceptors (Lipinski definition) is 5. The van der Waals surface area contributed by atoms with Crippen LogP contribution in [0.3, 0.4) is 0 Å². The van der Waals surface area contributed by atoms with Crippen LogP contribution in [0.5, 0.6) is 5.75 Å². The molecule has 8 heteroatoms. The molecule has 1 amide bonds. The van der Waals surface area contributed by atoms with E-state index in [0.29, 0.717) is 31.6 Å². The summed E-state index contributed by atoms with van der Waals surface area (Å²) in [5, 5.41) is 11.3. The molecule has 2 heterocycles. The first kappa shape index (κ1) is 21.5. The molecule has 4 rings (SSSR count). The number of nitrogens with zero attached hydrogens (tertiary/aromatic N) is 1. The van der Waals surface area contributed by atoms with Gasteiger partial charge in [0.2, 0.25) is 0 Å². The minimum absolute atomic E-state index is 0.0570. The van der Waals surface area contributed by atoms with Gasteiger partial charge in [-0.25, -0.2) is 4.79 Å². The van der Waals surface area contributed by atoms with Gasteiger partial charge in [-0.15, -0.1) is 0 Å². The number of aliphatic hydroxyl groups is 1. The van der Waals surface area contributed by atoms with E-state index in [4.69, 9.17) is 9.47 Å².